The van der Waals surface area contributed by atoms with Gasteiger partial charge in [0.2, 0.25) is 0 Å². The Balaban J connectivity index is 2.13. The molecule has 0 radical (unpaired) electrons. The van der Waals surface area contributed by atoms with Gasteiger partial charge in [0.1, 0.15) is 0 Å². The second kappa shape index (κ2) is 6.66. The largest absolute Gasteiger partial charge is 0.375 e. The molecule has 1 aliphatic rings. The second-order valence-corrected chi connectivity index (χ2v) is 6.93. The zero-order valence-electron chi connectivity index (χ0n) is 13.4. The minimum absolute atomic E-state index is 0.0165. The molecule has 0 bridgehead atoms. The lowest BCUT2D eigenvalue weighted by Crippen LogP contribution is -2.59. The molecule has 4 heteroatoms. The van der Waals surface area contributed by atoms with Gasteiger partial charge in [-0.05, 0) is 50.9 Å². The number of halogens is 1. The molecular weight excluding hydrogens is 284 g/mol. The lowest BCUT2D eigenvalue weighted by atomic mass is 9.78. The Morgan fingerprint density at radius 1 is 1.33 bits per heavy atom. The van der Waals surface area contributed by atoms with Crippen LogP contribution in [-0.2, 0) is 11.3 Å². The molecule has 2 rings (SSSR count). The number of nitrogens with two attached hydrogens (primary N) is 1. The Hall–Kier alpha value is -0.610. The number of rotatable bonds is 5. The van der Waals surface area contributed by atoms with Crippen LogP contribution < -0.4 is 5.73 Å². The fourth-order valence-electron chi connectivity index (χ4n) is 3.24. The van der Waals surface area contributed by atoms with Gasteiger partial charge >= 0.3 is 0 Å². The highest BCUT2D eigenvalue weighted by Gasteiger charge is 2.43. The summed E-state index contributed by atoms with van der Waals surface area (Å²) in [5.74, 6) is 0. The van der Waals surface area contributed by atoms with Gasteiger partial charge in [-0.15, -0.1) is 0 Å². The van der Waals surface area contributed by atoms with Crippen molar-refractivity contribution in [2.45, 2.75) is 50.8 Å². The van der Waals surface area contributed by atoms with Gasteiger partial charge in [0, 0.05) is 30.3 Å². The van der Waals surface area contributed by atoms with Crippen molar-refractivity contribution in [1.82, 2.24) is 4.90 Å². The molecule has 1 aromatic carbocycles. The van der Waals surface area contributed by atoms with Crippen LogP contribution in [0.2, 0.25) is 5.02 Å². The maximum absolute atomic E-state index is 6.17. The summed E-state index contributed by atoms with van der Waals surface area (Å²) < 4.78 is 5.99. The smallest absolute Gasteiger partial charge is 0.0670 e. The Morgan fingerprint density at radius 2 is 2.00 bits per heavy atom. The van der Waals surface area contributed by atoms with Crippen molar-refractivity contribution in [2.24, 2.45) is 5.73 Å². The molecule has 2 unspecified atom stereocenters. The van der Waals surface area contributed by atoms with E-state index in [4.69, 9.17) is 22.1 Å². The first-order valence-electron chi connectivity index (χ1n) is 7.73. The maximum atomic E-state index is 6.17. The third kappa shape index (κ3) is 3.78. The fraction of sp³-hybridized carbons (Fsp3) is 0.647. The van der Waals surface area contributed by atoms with E-state index >= 15 is 0 Å². The zero-order chi connectivity index (χ0) is 15.5. The third-order valence-electron chi connectivity index (χ3n) is 4.99. The molecule has 1 aliphatic heterocycles. The summed E-state index contributed by atoms with van der Waals surface area (Å²) in [5, 5.41) is 0.777. The van der Waals surface area contributed by atoms with Gasteiger partial charge in [-0.25, -0.2) is 0 Å². The van der Waals surface area contributed by atoms with Crippen molar-refractivity contribution in [3.8, 4) is 0 Å². The van der Waals surface area contributed by atoms with Crippen molar-refractivity contribution in [1.29, 1.82) is 0 Å². The van der Waals surface area contributed by atoms with Gasteiger partial charge < -0.3 is 10.5 Å². The molecule has 1 saturated heterocycles. The van der Waals surface area contributed by atoms with E-state index < -0.39 is 0 Å². The molecule has 3 nitrogen and oxygen atoms in total. The summed E-state index contributed by atoms with van der Waals surface area (Å²) in [5.41, 5.74) is 7.39. The molecule has 118 valence electrons. The van der Waals surface area contributed by atoms with Crippen molar-refractivity contribution in [2.75, 3.05) is 20.2 Å². The summed E-state index contributed by atoms with van der Waals surface area (Å²) >= 11 is 5.96. The minimum Gasteiger partial charge on any atom is -0.375 e. The van der Waals surface area contributed by atoms with Gasteiger partial charge in [0.25, 0.3) is 0 Å². The van der Waals surface area contributed by atoms with Crippen LogP contribution >= 0.6 is 11.6 Å². The first kappa shape index (κ1) is 16.8. The van der Waals surface area contributed by atoms with E-state index in [1.54, 1.807) is 0 Å². The Morgan fingerprint density at radius 3 is 2.57 bits per heavy atom. The lowest BCUT2D eigenvalue weighted by Gasteiger charge is -2.50. The van der Waals surface area contributed by atoms with Crippen LogP contribution in [0.25, 0.3) is 0 Å². The molecule has 0 spiro atoms. The van der Waals surface area contributed by atoms with Gasteiger partial charge in [-0.1, -0.05) is 30.7 Å². The van der Waals surface area contributed by atoms with Gasteiger partial charge in [0.05, 0.1) is 5.60 Å². The molecule has 0 aliphatic carbocycles. The normalized spacial score (nSPS) is 29.8. The average Bonchev–Trinajstić information content (AvgIpc) is 2.49. The molecule has 2 atom stereocenters. The Labute approximate surface area is 133 Å². The maximum Gasteiger partial charge on any atom is 0.0670 e. The standard InChI is InChI=1S/C17H27ClN2O/c1-4-16(2)12-17(13-19,9-10-21-16)20(3)11-14-5-7-15(18)8-6-14/h5-8H,4,9-13,19H2,1-3H3. The molecule has 1 fully saturated rings. The molecule has 0 amide bonds. The van der Waals surface area contributed by atoms with Crippen molar-refractivity contribution < 1.29 is 4.74 Å². The number of ether oxygens (including phenoxy) is 1. The van der Waals surface area contributed by atoms with E-state index in [2.05, 4.69) is 37.9 Å². The molecule has 0 saturated carbocycles. The fourth-order valence-corrected chi connectivity index (χ4v) is 3.36. The van der Waals surface area contributed by atoms with Crippen LogP contribution in [-0.4, -0.2) is 36.2 Å². The molecule has 21 heavy (non-hydrogen) atoms. The lowest BCUT2D eigenvalue weighted by molar-refractivity contribution is -0.126. The third-order valence-corrected chi connectivity index (χ3v) is 5.24. The first-order valence-corrected chi connectivity index (χ1v) is 8.10. The van der Waals surface area contributed by atoms with Crippen LogP contribution in [0.5, 0.6) is 0 Å². The topological polar surface area (TPSA) is 38.5 Å². The molecule has 2 N–H and O–H groups in total. The number of hydrogen-bond acceptors (Lipinski definition) is 3. The van der Waals surface area contributed by atoms with Crippen LogP contribution in [0.15, 0.2) is 24.3 Å². The second-order valence-electron chi connectivity index (χ2n) is 6.49. The first-order chi connectivity index (χ1) is 9.93. The molecule has 1 heterocycles. The summed E-state index contributed by atoms with van der Waals surface area (Å²) in [6, 6.07) is 8.06. The van der Waals surface area contributed by atoms with E-state index in [1.165, 1.54) is 5.56 Å². The van der Waals surface area contributed by atoms with Gasteiger partial charge in [0.15, 0.2) is 0 Å². The number of likely N-dealkylation sites (N-methyl/N-ethyl adjacent to an activating group) is 1. The predicted octanol–water partition coefficient (Wildman–Crippen LogP) is 3.45. The molecule has 1 aromatic rings. The van der Waals surface area contributed by atoms with E-state index in [1.807, 2.05) is 12.1 Å². The number of hydrogen-bond donors (Lipinski definition) is 1. The Kier molecular flexibility index (Phi) is 5.31. The predicted molar refractivity (Wildman–Crippen MR) is 88.6 cm³/mol. The van der Waals surface area contributed by atoms with Crippen LogP contribution in [0.3, 0.4) is 0 Å². The molecular formula is C17H27ClN2O. The van der Waals surface area contributed by atoms with E-state index in [9.17, 15) is 0 Å². The monoisotopic (exact) mass is 310 g/mol. The van der Waals surface area contributed by atoms with Gasteiger partial charge in [-0.3, -0.25) is 4.90 Å². The van der Waals surface area contributed by atoms with Crippen molar-refractivity contribution in [3.63, 3.8) is 0 Å². The SMILES string of the molecule is CCC1(C)CC(CN)(N(C)Cc2ccc(Cl)cc2)CCO1. The van der Waals surface area contributed by atoms with Crippen LogP contribution in [0.1, 0.15) is 38.7 Å². The van der Waals surface area contributed by atoms with E-state index in [0.717, 1.165) is 37.4 Å². The van der Waals surface area contributed by atoms with Crippen molar-refractivity contribution >= 4 is 11.6 Å². The molecule has 0 aromatic heterocycles. The quantitative estimate of drug-likeness (QED) is 0.905. The van der Waals surface area contributed by atoms with Crippen LogP contribution in [0.4, 0.5) is 0 Å². The van der Waals surface area contributed by atoms with Crippen molar-refractivity contribution in [3.05, 3.63) is 34.9 Å². The Bertz CT molecular complexity index is 464. The summed E-state index contributed by atoms with van der Waals surface area (Å²) in [6.45, 7) is 6.72. The van der Waals surface area contributed by atoms with Gasteiger partial charge in [-0.2, -0.15) is 0 Å². The minimum atomic E-state index is -0.0636. The average molecular weight is 311 g/mol. The highest BCUT2D eigenvalue weighted by molar-refractivity contribution is 6.30. The van der Waals surface area contributed by atoms with E-state index in [-0.39, 0.29) is 11.1 Å². The number of benzene rings is 1. The summed E-state index contributed by atoms with van der Waals surface area (Å²) in [4.78, 5) is 2.40. The van der Waals surface area contributed by atoms with E-state index in [0.29, 0.717) is 6.54 Å². The van der Waals surface area contributed by atoms with Crippen LogP contribution in [0, 0.1) is 0 Å². The highest BCUT2D eigenvalue weighted by atomic mass is 35.5. The summed E-state index contributed by atoms with van der Waals surface area (Å²) in [7, 11) is 2.17. The highest BCUT2D eigenvalue weighted by Crippen LogP contribution is 2.37. The number of nitrogens with zero attached hydrogens (tertiary/aromatic N) is 1. The summed E-state index contributed by atoms with van der Waals surface area (Å²) in [6.07, 6.45) is 2.99. The zero-order valence-corrected chi connectivity index (χ0v) is 14.1.